The molecule has 0 bridgehead atoms. The van der Waals surface area contributed by atoms with Gasteiger partial charge < -0.3 is 19.3 Å². The largest absolute Gasteiger partial charge is 0.494 e. The summed E-state index contributed by atoms with van der Waals surface area (Å²) in [5.41, 5.74) is 1.17. The summed E-state index contributed by atoms with van der Waals surface area (Å²) in [4.78, 5) is 2.32. The molecule has 3 rings (SSSR count). The molecule has 0 radical (unpaired) electrons. The third kappa shape index (κ3) is 4.09. The number of likely N-dealkylation sites (tertiary alicyclic amines) is 1. The minimum Gasteiger partial charge on any atom is -0.399 e. The van der Waals surface area contributed by atoms with Crippen molar-refractivity contribution >= 4 is 12.6 Å². The van der Waals surface area contributed by atoms with E-state index in [0.29, 0.717) is 6.04 Å². The van der Waals surface area contributed by atoms with Crippen LogP contribution in [0.4, 0.5) is 0 Å². The molecule has 0 spiro atoms. The number of nitrogens with zero attached hydrogens (tertiary/aromatic N) is 1. The molecule has 25 heavy (non-hydrogen) atoms. The Morgan fingerprint density at radius 1 is 1.08 bits per heavy atom. The molecule has 1 aromatic carbocycles. The molecule has 0 aliphatic carbocycles. The van der Waals surface area contributed by atoms with Crippen molar-refractivity contribution < 1.29 is 14.4 Å². The molecule has 138 valence electrons. The van der Waals surface area contributed by atoms with Crippen molar-refractivity contribution in [2.75, 3.05) is 20.1 Å². The zero-order valence-electron chi connectivity index (χ0n) is 16.1. The van der Waals surface area contributed by atoms with Gasteiger partial charge in [0.15, 0.2) is 0 Å². The number of aliphatic hydroxyl groups excluding tert-OH is 1. The van der Waals surface area contributed by atoms with Gasteiger partial charge in [-0.1, -0.05) is 24.3 Å². The van der Waals surface area contributed by atoms with Gasteiger partial charge >= 0.3 is 7.12 Å². The lowest BCUT2D eigenvalue weighted by Gasteiger charge is -2.32. The summed E-state index contributed by atoms with van der Waals surface area (Å²) in [7, 11) is 1.78. The number of rotatable bonds is 4. The molecule has 0 aromatic heterocycles. The second-order valence-electron chi connectivity index (χ2n) is 8.40. The standard InChI is InChI=1S/C19H31BN2O3/c1-18(2)19(3,4)25-20(24-18)15-8-6-14(7-9-15)17(23)21-16-10-12-22(5)13-11-16/h6-9,16-17,21,23H,10-13H2,1-5H3. The zero-order valence-corrected chi connectivity index (χ0v) is 16.1. The number of hydrogen-bond donors (Lipinski definition) is 2. The minimum absolute atomic E-state index is 0.342. The van der Waals surface area contributed by atoms with Crippen LogP contribution >= 0.6 is 0 Å². The quantitative estimate of drug-likeness (QED) is 0.642. The average Bonchev–Trinajstić information content (AvgIpc) is 2.78. The first kappa shape index (κ1) is 18.9. The lowest BCUT2D eigenvalue weighted by Crippen LogP contribution is -2.42. The Morgan fingerprint density at radius 2 is 1.60 bits per heavy atom. The molecular formula is C19H31BN2O3. The maximum Gasteiger partial charge on any atom is 0.494 e. The summed E-state index contributed by atoms with van der Waals surface area (Å²) in [6.45, 7) is 10.4. The van der Waals surface area contributed by atoms with Crippen molar-refractivity contribution in [2.24, 2.45) is 0 Å². The molecule has 5 nitrogen and oxygen atoms in total. The Morgan fingerprint density at radius 3 is 2.12 bits per heavy atom. The molecule has 2 saturated heterocycles. The van der Waals surface area contributed by atoms with E-state index in [0.717, 1.165) is 37.0 Å². The summed E-state index contributed by atoms with van der Waals surface area (Å²) in [6, 6.07) is 8.24. The number of benzene rings is 1. The lowest BCUT2D eigenvalue weighted by atomic mass is 9.79. The number of aliphatic hydroxyl groups is 1. The summed E-state index contributed by atoms with van der Waals surface area (Å²) < 4.78 is 12.2. The molecule has 1 unspecified atom stereocenters. The van der Waals surface area contributed by atoms with E-state index in [9.17, 15) is 5.11 Å². The fourth-order valence-electron chi connectivity index (χ4n) is 3.31. The Bertz CT molecular complexity index is 567. The number of piperidine rings is 1. The highest BCUT2D eigenvalue weighted by molar-refractivity contribution is 6.62. The van der Waals surface area contributed by atoms with Gasteiger partial charge in [0.25, 0.3) is 0 Å². The molecule has 1 atom stereocenters. The molecule has 2 aliphatic heterocycles. The summed E-state index contributed by atoms with van der Waals surface area (Å²) in [5.74, 6) is 0. The van der Waals surface area contributed by atoms with E-state index in [1.807, 2.05) is 24.3 Å². The lowest BCUT2D eigenvalue weighted by molar-refractivity contribution is 0.00578. The predicted molar refractivity (Wildman–Crippen MR) is 101 cm³/mol. The van der Waals surface area contributed by atoms with Gasteiger partial charge in [-0.3, -0.25) is 5.32 Å². The third-order valence-electron chi connectivity index (χ3n) is 5.89. The molecular weight excluding hydrogens is 315 g/mol. The Kier molecular flexibility index (Phi) is 5.29. The van der Waals surface area contributed by atoms with Crippen molar-refractivity contribution in [2.45, 2.75) is 64.0 Å². The van der Waals surface area contributed by atoms with Crippen LogP contribution in [0.3, 0.4) is 0 Å². The fourth-order valence-corrected chi connectivity index (χ4v) is 3.31. The van der Waals surface area contributed by atoms with Crippen molar-refractivity contribution in [1.29, 1.82) is 0 Å². The second kappa shape index (κ2) is 7.01. The van der Waals surface area contributed by atoms with Crippen molar-refractivity contribution in [1.82, 2.24) is 10.2 Å². The van der Waals surface area contributed by atoms with E-state index in [2.05, 4.69) is 45.0 Å². The maximum atomic E-state index is 10.5. The highest BCUT2D eigenvalue weighted by atomic mass is 16.7. The van der Waals surface area contributed by atoms with Gasteiger partial charge in [0, 0.05) is 6.04 Å². The first-order valence-electron chi connectivity index (χ1n) is 9.26. The normalized spacial score (nSPS) is 25.3. The van der Waals surface area contributed by atoms with Gasteiger partial charge in [0.2, 0.25) is 0 Å². The van der Waals surface area contributed by atoms with E-state index in [4.69, 9.17) is 9.31 Å². The Labute approximate surface area is 151 Å². The van der Waals surface area contributed by atoms with Gasteiger partial charge in [-0.05, 0) is 71.7 Å². The zero-order chi connectivity index (χ0) is 18.2. The SMILES string of the molecule is CN1CCC(NC(O)c2ccc(B3OC(C)(C)C(C)(C)O3)cc2)CC1. The number of hydrogen-bond acceptors (Lipinski definition) is 5. The maximum absolute atomic E-state index is 10.5. The molecule has 2 heterocycles. The minimum atomic E-state index is -0.638. The van der Waals surface area contributed by atoms with Crippen LogP contribution in [0.2, 0.25) is 0 Å². The van der Waals surface area contributed by atoms with Crippen LogP contribution in [0.15, 0.2) is 24.3 Å². The predicted octanol–water partition coefficient (Wildman–Crippen LogP) is 1.66. The highest BCUT2D eigenvalue weighted by Gasteiger charge is 2.51. The molecule has 0 amide bonds. The summed E-state index contributed by atoms with van der Waals surface area (Å²) >= 11 is 0. The molecule has 2 aliphatic rings. The van der Waals surface area contributed by atoms with E-state index in [1.54, 1.807) is 0 Å². The van der Waals surface area contributed by atoms with E-state index >= 15 is 0 Å². The molecule has 2 fully saturated rings. The van der Waals surface area contributed by atoms with E-state index in [-0.39, 0.29) is 18.3 Å². The number of nitrogens with one attached hydrogen (secondary N) is 1. The Hall–Kier alpha value is -0.915. The van der Waals surface area contributed by atoms with Crippen LogP contribution in [0.1, 0.15) is 52.3 Å². The first-order chi connectivity index (χ1) is 11.7. The van der Waals surface area contributed by atoms with Gasteiger partial charge in [0.05, 0.1) is 11.2 Å². The topological polar surface area (TPSA) is 54.0 Å². The molecule has 2 N–H and O–H groups in total. The van der Waals surface area contributed by atoms with Crippen LogP contribution in [0.25, 0.3) is 0 Å². The van der Waals surface area contributed by atoms with Crippen LogP contribution in [-0.2, 0) is 9.31 Å². The smallest absolute Gasteiger partial charge is 0.399 e. The van der Waals surface area contributed by atoms with E-state index < -0.39 is 6.23 Å². The van der Waals surface area contributed by atoms with Gasteiger partial charge in [-0.15, -0.1) is 0 Å². The average molecular weight is 346 g/mol. The third-order valence-corrected chi connectivity index (χ3v) is 5.89. The summed E-state index contributed by atoms with van der Waals surface area (Å²) in [5, 5.41) is 13.8. The van der Waals surface area contributed by atoms with Crippen molar-refractivity contribution in [3.63, 3.8) is 0 Å². The van der Waals surface area contributed by atoms with Gasteiger partial charge in [-0.25, -0.2) is 0 Å². The van der Waals surface area contributed by atoms with Gasteiger partial charge in [0.1, 0.15) is 6.23 Å². The summed E-state index contributed by atoms with van der Waals surface area (Å²) in [6.07, 6.45) is 1.50. The van der Waals surface area contributed by atoms with Crippen LogP contribution in [0, 0.1) is 0 Å². The van der Waals surface area contributed by atoms with Crippen molar-refractivity contribution in [3.8, 4) is 0 Å². The molecule has 6 heteroatoms. The molecule has 1 aromatic rings. The van der Waals surface area contributed by atoms with Gasteiger partial charge in [-0.2, -0.15) is 0 Å². The van der Waals surface area contributed by atoms with Crippen LogP contribution < -0.4 is 10.8 Å². The van der Waals surface area contributed by atoms with Crippen LogP contribution in [-0.4, -0.2) is 54.5 Å². The fraction of sp³-hybridized carbons (Fsp3) is 0.684. The van der Waals surface area contributed by atoms with Crippen molar-refractivity contribution in [3.05, 3.63) is 29.8 Å². The monoisotopic (exact) mass is 346 g/mol. The highest BCUT2D eigenvalue weighted by Crippen LogP contribution is 2.36. The van der Waals surface area contributed by atoms with E-state index in [1.165, 1.54) is 0 Å². The second-order valence-corrected chi connectivity index (χ2v) is 8.40. The first-order valence-corrected chi connectivity index (χ1v) is 9.26. The Balaban J connectivity index is 1.61. The van der Waals surface area contributed by atoms with Crippen LogP contribution in [0.5, 0.6) is 0 Å². The molecule has 0 saturated carbocycles.